The predicted molar refractivity (Wildman–Crippen MR) is 101 cm³/mol. The number of fused-ring (bicyclic) bond motifs is 6. The Kier molecular flexibility index (Phi) is 2.05. The van der Waals surface area contributed by atoms with Crippen molar-refractivity contribution in [2.45, 2.75) is 0 Å². The van der Waals surface area contributed by atoms with E-state index in [1.54, 1.807) is 6.08 Å². The molecule has 0 bridgehead atoms. The average Bonchev–Trinajstić information content (AvgIpc) is 3.12. The minimum absolute atomic E-state index is 0.108. The van der Waals surface area contributed by atoms with Crippen LogP contribution in [0.5, 0.6) is 0 Å². The molecule has 0 atom stereocenters. The molecular formula is C23H12O. The second-order valence-corrected chi connectivity index (χ2v) is 6.56. The summed E-state index contributed by atoms with van der Waals surface area (Å²) in [5, 5.41) is 10.9. The van der Waals surface area contributed by atoms with Crippen LogP contribution >= 0.6 is 0 Å². The van der Waals surface area contributed by atoms with Crippen LogP contribution in [0.3, 0.4) is 0 Å². The highest BCUT2D eigenvalue weighted by atomic mass is 16.1. The van der Waals surface area contributed by atoms with Gasteiger partial charge < -0.3 is 0 Å². The monoisotopic (exact) mass is 304 g/mol. The van der Waals surface area contributed by atoms with Gasteiger partial charge in [0, 0.05) is 5.56 Å². The van der Waals surface area contributed by atoms with Crippen LogP contribution in [-0.2, 0) is 0 Å². The molecule has 0 amide bonds. The Labute approximate surface area is 137 Å². The molecule has 0 spiro atoms. The first kappa shape index (κ1) is 12.3. The molecular weight excluding hydrogens is 292 g/mol. The molecule has 0 unspecified atom stereocenters. The van der Waals surface area contributed by atoms with E-state index >= 15 is 0 Å². The Hall–Kier alpha value is -3.19. The highest BCUT2D eigenvalue weighted by Gasteiger charge is 2.17. The predicted octanol–water partition coefficient (Wildman–Crippen LogP) is 4.99. The van der Waals surface area contributed by atoms with Crippen LogP contribution in [0.25, 0.3) is 49.2 Å². The van der Waals surface area contributed by atoms with Gasteiger partial charge in [0.05, 0.1) is 0 Å². The zero-order valence-electron chi connectivity index (χ0n) is 12.8. The highest BCUT2D eigenvalue weighted by molar-refractivity contribution is 6.32. The van der Waals surface area contributed by atoms with Crippen LogP contribution in [0.2, 0.25) is 0 Å². The Balaban J connectivity index is 1.91. The number of carbonyl (C=O) groups excluding carboxylic acids is 1. The van der Waals surface area contributed by atoms with E-state index in [1.165, 1.54) is 32.3 Å². The third kappa shape index (κ3) is 1.34. The van der Waals surface area contributed by atoms with E-state index in [0.29, 0.717) is 0 Å². The summed E-state index contributed by atoms with van der Waals surface area (Å²) < 4.78 is 0. The summed E-state index contributed by atoms with van der Waals surface area (Å²) in [5.41, 5.74) is 0.846. The topological polar surface area (TPSA) is 17.1 Å². The summed E-state index contributed by atoms with van der Waals surface area (Å²) in [6, 6.07) is 19.6. The Morgan fingerprint density at radius 3 is 2.21 bits per heavy atom. The molecule has 0 aliphatic heterocycles. The molecule has 1 aliphatic carbocycles. The normalized spacial score (nSPS) is 14.1. The van der Waals surface area contributed by atoms with Gasteiger partial charge in [0.25, 0.3) is 0 Å². The molecule has 110 valence electrons. The van der Waals surface area contributed by atoms with Gasteiger partial charge in [-0.3, -0.25) is 4.79 Å². The minimum Gasteiger partial charge on any atom is -0.289 e. The second kappa shape index (κ2) is 4.01. The van der Waals surface area contributed by atoms with Crippen LogP contribution in [0, 0.1) is 0 Å². The number of rotatable bonds is 0. The summed E-state index contributed by atoms with van der Waals surface area (Å²) in [6.45, 7) is 0. The number of hydrogen-bond acceptors (Lipinski definition) is 1. The average molecular weight is 304 g/mol. The first-order valence-electron chi connectivity index (χ1n) is 8.17. The lowest BCUT2D eigenvalue weighted by Gasteiger charge is -2.00. The van der Waals surface area contributed by atoms with Gasteiger partial charge in [0.1, 0.15) is 0 Å². The zero-order valence-corrected chi connectivity index (χ0v) is 12.8. The van der Waals surface area contributed by atoms with Gasteiger partial charge in [-0.25, -0.2) is 0 Å². The molecule has 0 heterocycles. The van der Waals surface area contributed by atoms with E-state index in [-0.39, 0.29) is 5.78 Å². The van der Waals surface area contributed by atoms with Gasteiger partial charge in [0.2, 0.25) is 0 Å². The summed E-state index contributed by atoms with van der Waals surface area (Å²) >= 11 is 0. The van der Waals surface area contributed by atoms with Crippen molar-refractivity contribution >= 4 is 54.9 Å². The van der Waals surface area contributed by atoms with Crippen molar-refractivity contribution in [2.24, 2.45) is 0 Å². The quantitative estimate of drug-likeness (QED) is 0.394. The molecule has 24 heavy (non-hydrogen) atoms. The zero-order chi connectivity index (χ0) is 15.8. The molecule has 0 aromatic heterocycles. The fourth-order valence-corrected chi connectivity index (χ4v) is 4.31. The molecule has 0 radical (unpaired) electrons. The number of benzene rings is 3. The van der Waals surface area contributed by atoms with Crippen molar-refractivity contribution in [1.29, 1.82) is 0 Å². The maximum atomic E-state index is 12.4. The van der Waals surface area contributed by atoms with E-state index < -0.39 is 0 Å². The van der Waals surface area contributed by atoms with E-state index in [0.717, 1.165) is 21.6 Å². The Bertz CT molecular complexity index is 1400. The van der Waals surface area contributed by atoms with Crippen molar-refractivity contribution in [3.63, 3.8) is 0 Å². The van der Waals surface area contributed by atoms with E-state index in [2.05, 4.69) is 54.6 Å². The smallest absolute Gasteiger partial charge is 0.187 e. The largest absolute Gasteiger partial charge is 0.289 e. The molecule has 0 N–H and O–H groups in total. The molecule has 0 saturated carbocycles. The third-order valence-corrected chi connectivity index (χ3v) is 5.31. The molecule has 0 saturated heterocycles. The third-order valence-electron chi connectivity index (χ3n) is 5.31. The molecule has 0 fully saturated rings. The van der Waals surface area contributed by atoms with E-state index in [1.807, 2.05) is 12.2 Å². The molecule has 1 aliphatic rings. The Morgan fingerprint density at radius 1 is 0.667 bits per heavy atom. The SMILES string of the molecule is O=C1C=CC=c2cc3cc4c(cc3c21)c1cccc2cccc4c21. The minimum atomic E-state index is 0.108. The lowest BCUT2D eigenvalue weighted by Crippen LogP contribution is -2.11. The van der Waals surface area contributed by atoms with Crippen LogP contribution < -0.4 is 5.22 Å². The summed E-state index contributed by atoms with van der Waals surface area (Å²) in [5.74, 6) is 0.108. The molecule has 1 nitrogen and oxygen atoms in total. The standard InChI is InChI=1S/C23H12O/c24-21-9-3-6-14-10-15-11-19-16-7-1-4-13-5-2-8-17(22(13)16)20(19)12-18(15)23(14)21/h1-12H. The van der Waals surface area contributed by atoms with Crippen LogP contribution in [0.15, 0.2) is 66.7 Å². The van der Waals surface area contributed by atoms with Crippen molar-refractivity contribution in [3.05, 3.63) is 77.5 Å². The fraction of sp³-hybridized carbons (Fsp3) is 0. The van der Waals surface area contributed by atoms with Gasteiger partial charge in [-0.15, -0.1) is 0 Å². The van der Waals surface area contributed by atoms with Crippen molar-refractivity contribution in [1.82, 2.24) is 0 Å². The number of ketones is 1. The van der Waals surface area contributed by atoms with E-state index in [9.17, 15) is 4.79 Å². The first-order valence-corrected chi connectivity index (χ1v) is 8.17. The summed E-state index contributed by atoms with van der Waals surface area (Å²) in [4.78, 5) is 12.4. The van der Waals surface area contributed by atoms with Gasteiger partial charge in [-0.1, -0.05) is 48.6 Å². The molecule has 5 aromatic carbocycles. The first-order chi connectivity index (χ1) is 11.8. The van der Waals surface area contributed by atoms with Crippen molar-refractivity contribution in [3.8, 4) is 0 Å². The fourth-order valence-electron chi connectivity index (χ4n) is 4.31. The number of hydrogen-bond donors (Lipinski definition) is 0. The number of allylic oxidation sites excluding steroid dienone is 2. The lowest BCUT2D eigenvalue weighted by atomic mass is 10.0. The lowest BCUT2D eigenvalue weighted by molar-refractivity contribution is 0.104. The maximum absolute atomic E-state index is 12.4. The van der Waals surface area contributed by atoms with Gasteiger partial charge in [-0.2, -0.15) is 0 Å². The van der Waals surface area contributed by atoms with E-state index in [4.69, 9.17) is 0 Å². The number of carbonyl (C=O) groups is 1. The molecule has 1 heteroatoms. The molecule has 6 rings (SSSR count). The summed E-state index contributed by atoms with van der Waals surface area (Å²) in [7, 11) is 0. The van der Waals surface area contributed by atoms with Crippen molar-refractivity contribution in [2.75, 3.05) is 0 Å². The second-order valence-electron chi connectivity index (χ2n) is 6.56. The Morgan fingerprint density at radius 2 is 1.42 bits per heavy atom. The van der Waals surface area contributed by atoms with Crippen molar-refractivity contribution < 1.29 is 4.79 Å². The van der Waals surface area contributed by atoms with Gasteiger partial charge in [-0.05, 0) is 72.6 Å². The maximum Gasteiger partial charge on any atom is 0.187 e. The van der Waals surface area contributed by atoms with Crippen LogP contribution in [0.1, 0.15) is 10.4 Å². The highest BCUT2D eigenvalue weighted by Crippen LogP contribution is 2.40. The van der Waals surface area contributed by atoms with Crippen LogP contribution in [0.4, 0.5) is 0 Å². The van der Waals surface area contributed by atoms with Gasteiger partial charge in [0.15, 0.2) is 5.78 Å². The summed E-state index contributed by atoms with van der Waals surface area (Å²) in [6.07, 6.45) is 5.52. The molecule has 5 aromatic rings. The van der Waals surface area contributed by atoms with Gasteiger partial charge >= 0.3 is 0 Å². The van der Waals surface area contributed by atoms with Crippen LogP contribution in [-0.4, -0.2) is 5.78 Å².